The van der Waals surface area contributed by atoms with Crippen molar-refractivity contribution in [2.45, 2.75) is 26.8 Å². The Morgan fingerprint density at radius 3 is 2.38 bits per heavy atom. The SMILES string of the molecule is Cc1ccc(C)c(NC(=O)c2cnc(NC(C)c3ccccc3)nc2)c1. The van der Waals surface area contributed by atoms with E-state index in [-0.39, 0.29) is 11.9 Å². The number of hydrogen-bond donors (Lipinski definition) is 2. The number of aryl methyl sites for hydroxylation is 2. The van der Waals surface area contributed by atoms with Crippen LogP contribution in [0.3, 0.4) is 0 Å². The van der Waals surface area contributed by atoms with E-state index in [0.29, 0.717) is 11.5 Å². The van der Waals surface area contributed by atoms with Gasteiger partial charge in [0.1, 0.15) is 0 Å². The maximum Gasteiger partial charge on any atom is 0.258 e. The van der Waals surface area contributed by atoms with Gasteiger partial charge in [0.05, 0.1) is 11.6 Å². The molecule has 0 aliphatic rings. The van der Waals surface area contributed by atoms with Crippen LogP contribution in [0, 0.1) is 13.8 Å². The largest absolute Gasteiger partial charge is 0.348 e. The van der Waals surface area contributed by atoms with Crippen LogP contribution in [0.4, 0.5) is 11.6 Å². The van der Waals surface area contributed by atoms with Crippen LogP contribution in [0.15, 0.2) is 60.9 Å². The van der Waals surface area contributed by atoms with Crippen LogP contribution in [-0.4, -0.2) is 15.9 Å². The van der Waals surface area contributed by atoms with Gasteiger partial charge in [0.15, 0.2) is 0 Å². The first-order valence-electron chi connectivity index (χ1n) is 8.55. The van der Waals surface area contributed by atoms with Crippen molar-refractivity contribution < 1.29 is 4.79 Å². The molecule has 0 aliphatic heterocycles. The second-order valence-corrected chi connectivity index (χ2v) is 6.34. The lowest BCUT2D eigenvalue weighted by Gasteiger charge is -2.14. The number of nitrogens with zero attached hydrogens (tertiary/aromatic N) is 2. The second-order valence-electron chi connectivity index (χ2n) is 6.34. The summed E-state index contributed by atoms with van der Waals surface area (Å²) in [5.41, 5.74) is 4.48. The first-order chi connectivity index (χ1) is 12.5. The number of amides is 1. The number of anilines is 2. The van der Waals surface area contributed by atoms with E-state index < -0.39 is 0 Å². The molecule has 1 unspecified atom stereocenters. The third kappa shape index (κ3) is 4.25. The van der Waals surface area contributed by atoms with E-state index in [1.54, 1.807) is 0 Å². The topological polar surface area (TPSA) is 66.9 Å². The molecule has 1 heterocycles. The third-order valence-electron chi connectivity index (χ3n) is 4.20. The van der Waals surface area contributed by atoms with Crippen LogP contribution in [0.1, 0.15) is 40.0 Å². The lowest BCUT2D eigenvalue weighted by molar-refractivity contribution is 0.102. The molecular formula is C21H22N4O. The van der Waals surface area contributed by atoms with Gasteiger partial charge in [-0.05, 0) is 43.5 Å². The van der Waals surface area contributed by atoms with Crippen LogP contribution < -0.4 is 10.6 Å². The fourth-order valence-corrected chi connectivity index (χ4v) is 2.60. The number of benzene rings is 2. The van der Waals surface area contributed by atoms with Crippen LogP contribution in [0.2, 0.25) is 0 Å². The minimum absolute atomic E-state index is 0.0748. The molecule has 0 fully saturated rings. The summed E-state index contributed by atoms with van der Waals surface area (Å²) in [6.45, 7) is 6.00. The highest BCUT2D eigenvalue weighted by Gasteiger charge is 2.11. The monoisotopic (exact) mass is 346 g/mol. The fraction of sp³-hybridized carbons (Fsp3) is 0.190. The van der Waals surface area contributed by atoms with Crippen molar-refractivity contribution in [2.24, 2.45) is 0 Å². The van der Waals surface area contributed by atoms with Crippen molar-refractivity contribution in [2.75, 3.05) is 10.6 Å². The van der Waals surface area contributed by atoms with Crippen LogP contribution in [0.5, 0.6) is 0 Å². The Morgan fingerprint density at radius 2 is 1.69 bits per heavy atom. The lowest BCUT2D eigenvalue weighted by Crippen LogP contribution is -2.15. The Kier molecular flexibility index (Phi) is 5.27. The van der Waals surface area contributed by atoms with Gasteiger partial charge in [-0.3, -0.25) is 4.79 Å². The molecule has 0 saturated carbocycles. The molecule has 2 aromatic carbocycles. The minimum atomic E-state index is -0.221. The van der Waals surface area contributed by atoms with Gasteiger partial charge < -0.3 is 10.6 Å². The molecule has 0 bridgehead atoms. The molecule has 5 nitrogen and oxygen atoms in total. The number of hydrogen-bond acceptors (Lipinski definition) is 4. The first kappa shape index (κ1) is 17.6. The molecule has 0 saturated heterocycles. The zero-order chi connectivity index (χ0) is 18.5. The molecular weight excluding hydrogens is 324 g/mol. The highest BCUT2D eigenvalue weighted by Crippen LogP contribution is 2.18. The quantitative estimate of drug-likeness (QED) is 0.713. The molecule has 0 spiro atoms. The molecule has 2 N–H and O–H groups in total. The number of rotatable bonds is 5. The fourth-order valence-electron chi connectivity index (χ4n) is 2.60. The smallest absolute Gasteiger partial charge is 0.258 e. The van der Waals surface area contributed by atoms with Crippen LogP contribution in [0.25, 0.3) is 0 Å². The van der Waals surface area contributed by atoms with Gasteiger partial charge >= 0.3 is 0 Å². The van der Waals surface area contributed by atoms with E-state index in [2.05, 4.69) is 20.6 Å². The Morgan fingerprint density at radius 1 is 1.00 bits per heavy atom. The van der Waals surface area contributed by atoms with E-state index in [4.69, 9.17) is 0 Å². The van der Waals surface area contributed by atoms with Gasteiger partial charge in [-0.15, -0.1) is 0 Å². The zero-order valence-electron chi connectivity index (χ0n) is 15.2. The average molecular weight is 346 g/mol. The molecule has 1 amide bonds. The summed E-state index contributed by atoms with van der Waals surface area (Å²) in [7, 11) is 0. The molecule has 132 valence electrons. The number of aromatic nitrogens is 2. The Bertz CT molecular complexity index is 892. The lowest BCUT2D eigenvalue weighted by atomic mass is 10.1. The molecule has 1 aromatic heterocycles. The molecule has 1 atom stereocenters. The molecule has 3 aromatic rings. The summed E-state index contributed by atoms with van der Waals surface area (Å²) >= 11 is 0. The normalized spacial score (nSPS) is 11.7. The zero-order valence-corrected chi connectivity index (χ0v) is 15.2. The Hall–Kier alpha value is -3.21. The van der Waals surface area contributed by atoms with Gasteiger partial charge in [-0.25, -0.2) is 9.97 Å². The average Bonchev–Trinajstić information content (AvgIpc) is 2.66. The Balaban J connectivity index is 1.67. The number of nitrogens with one attached hydrogen (secondary N) is 2. The van der Waals surface area contributed by atoms with Gasteiger partial charge in [0.2, 0.25) is 5.95 Å². The van der Waals surface area contributed by atoms with Crippen LogP contribution in [-0.2, 0) is 0 Å². The minimum Gasteiger partial charge on any atom is -0.348 e. The number of carbonyl (C=O) groups excluding carboxylic acids is 1. The highest BCUT2D eigenvalue weighted by molar-refractivity contribution is 6.04. The van der Waals surface area contributed by atoms with Crippen molar-refractivity contribution in [3.8, 4) is 0 Å². The number of carbonyl (C=O) groups is 1. The molecule has 5 heteroatoms. The second kappa shape index (κ2) is 7.78. The summed E-state index contributed by atoms with van der Waals surface area (Å²) < 4.78 is 0. The van der Waals surface area contributed by atoms with Gasteiger partial charge in [0, 0.05) is 18.1 Å². The van der Waals surface area contributed by atoms with E-state index in [1.165, 1.54) is 12.4 Å². The predicted molar refractivity (Wildman–Crippen MR) is 104 cm³/mol. The molecule has 26 heavy (non-hydrogen) atoms. The first-order valence-corrected chi connectivity index (χ1v) is 8.55. The maximum atomic E-state index is 12.4. The summed E-state index contributed by atoms with van der Waals surface area (Å²) in [6.07, 6.45) is 3.07. The van der Waals surface area contributed by atoms with Crippen molar-refractivity contribution in [1.29, 1.82) is 0 Å². The standard InChI is InChI=1S/C21H22N4O/c1-14-9-10-15(2)19(11-14)25-20(26)18-12-22-21(23-13-18)24-16(3)17-7-5-4-6-8-17/h4-13,16H,1-3H3,(H,25,26)(H,22,23,24). The van der Waals surface area contributed by atoms with E-state index >= 15 is 0 Å². The summed E-state index contributed by atoms with van der Waals surface area (Å²) in [6, 6.07) is 16.1. The van der Waals surface area contributed by atoms with Crippen molar-refractivity contribution in [1.82, 2.24) is 9.97 Å². The molecule has 0 aliphatic carbocycles. The summed E-state index contributed by atoms with van der Waals surface area (Å²) in [5.74, 6) is 0.269. The van der Waals surface area contributed by atoms with Crippen molar-refractivity contribution in [3.63, 3.8) is 0 Å². The van der Waals surface area contributed by atoms with Gasteiger partial charge in [-0.1, -0.05) is 42.5 Å². The van der Waals surface area contributed by atoms with Crippen LogP contribution >= 0.6 is 0 Å². The highest BCUT2D eigenvalue weighted by atomic mass is 16.1. The molecule has 0 radical (unpaired) electrons. The van der Waals surface area contributed by atoms with E-state index in [0.717, 1.165) is 22.4 Å². The Labute approximate surface area is 153 Å². The van der Waals surface area contributed by atoms with Gasteiger partial charge in [-0.2, -0.15) is 0 Å². The van der Waals surface area contributed by atoms with Crippen molar-refractivity contribution in [3.05, 3.63) is 83.2 Å². The summed E-state index contributed by atoms with van der Waals surface area (Å²) in [5, 5.41) is 6.15. The maximum absolute atomic E-state index is 12.4. The predicted octanol–water partition coefficient (Wildman–Crippen LogP) is 4.52. The van der Waals surface area contributed by atoms with Crippen molar-refractivity contribution >= 4 is 17.5 Å². The van der Waals surface area contributed by atoms with E-state index in [9.17, 15) is 4.79 Å². The van der Waals surface area contributed by atoms with E-state index in [1.807, 2.05) is 69.3 Å². The molecule has 3 rings (SSSR count). The third-order valence-corrected chi connectivity index (χ3v) is 4.20. The van der Waals surface area contributed by atoms with Gasteiger partial charge in [0.25, 0.3) is 5.91 Å². The summed E-state index contributed by atoms with van der Waals surface area (Å²) in [4.78, 5) is 20.9.